The van der Waals surface area contributed by atoms with Crippen molar-refractivity contribution in [3.8, 4) is 5.75 Å². The molecule has 0 saturated carbocycles. The van der Waals surface area contributed by atoms with Crippen molar-refractivity contribution in [2.45, 2.75) is 18.6 Å². The molecule has 3 N–H and O–H groups in total. The third kappa shape index (κ3) is 5.22. The Morgan fingerprint density at radius 2 is 2.03 bits per heavy atom. The number of hydrogen-bond acceptors (Lipinski definition) is 5. The van der Waals surface area contributed by atoms with E-state index >= 15 is 0 Å². The van der Waals surface area contributed by atoms with Crippen molar-refractivity contribution in [2.75, 3.05) is 47.0 Å². The molecule has 0 saturated heterocycles. The molecule has 3 aromatic rings. The van der Waals surface area contributed by atoms with Crippen molar-refractivity contribution in [1.82, 2.24) is 15.2 Å². The van der Waals surface area contributed by atoms with Gasteiger partial charge in [0.2, 0.25) is 0 Å². The van der Waals surface area contributed by atoms with E-state index in [1.165, 1.54) is 22.2 Å². The molecule has 2 heterocycles. The van der Waals surface area contributed by atoms with Gasteiger partial charge in [-0.15, -0.1) is 0 Å². The largest absolute Gasteiger partial charge is 0.491 e. The van der Waals surface area contributed by atoms with Crippen LogP contribution in [-0.4, -0.2) is 68.1 Å². The normalized spacial score (nSPS) is 17.1. The Bertz CT molecular complexity index is 1010. The Kier molecular flexibility index (Phi) is 7.15. The molecule has 2 aromatic carbocycles. The van der Waals surface area contributed by atoms with Crippen LogP contribution in [0.25, 0.3) is 10.9 Å². The molecule has 1 aliphatic rings. The van der Waals surface area contributed by atoms with Crippen LogP contribution < -0.4 is 10.1 Å². The van der Waals surface area contributed by atoms with Gasteiger partial charge in [0.25, 0.3) is 0 Å². The molecule has 7 heteroatoms. The van der Waals surface area contributed by atoms with E-state index in [4.69, 9.17) is 21.1 Å². The summed E-state index contributed by atoms with van der Waals surface area (Å²) in [6.45, 7) is 3.13. The van der Waals surface area contributed by atoms with Gasteiger partial charge in [0.05, 0.1) is 12.6 Å². The molecule has 4 rings (SSSR count). The lowest BCUT2D eigenvalue weighted by Crippen LogP contribution is -2.34. The van der Waals surface area contributed by atoms with Crippen LogP contribution in [0.4, 0.5) is 0 Å². The highest BCUT2D eigenvalue weighted by Gasteiger charge is 2.25. The summed E-state index contributed by atoms with van der Waals surface area (Å²) in [5.74, 6) is 0.752. The molecule has 0 amide bonds. The van der Waals surface area contributed by atoms with Gasteiger partial charge < -0.3 is 29.8 Å². The average Bonchev–Trinajstić information content (AvgIpc) is 3.14. The summed E-state index contributed by atoms with van der Waals surface area (Å²) in [5, 5.41) is 15.8. The maximum atomic E-state index is 10.2. The maximum absolute atomic E-state index is 10.2. The molecule has 2 atom stereocenters. The van der Waals surface area contributed by atoms with Crippen molar-refractivity contribution >= 4 is 22.5 Å². The summed E-state index contributed by atoms with van der Waals surface area (Å²) in [5.41, 5.74) is 4.83. The zero-order chi connectivity index (χ0) is 21.8. The van der Waals surface area contributed by atoms with E-state index in [9.17, 15) is 5.11 Å². The van der Waals surface area contributed by atoms with Gasteiger partial charge in [-0.25, -0.2) is 0 Å². The number of nitrogens with zero attached hydrogens (tertiary/aromatic N) is 1. The first-order valence-electron chi connectivity index (χ1n) is 10.7. The fraction of sp³-hybridized carbons (Fsp3) is 0.417. The van der Waals surface area contributed by atoms with E-state index in [0.29, 0.717) is 13.2 Å². The van der Waals surface area contributed by atoms with E-state index in [1.807, 2.05) is 42.3 Å². The van der Waals surface area contributed by atoms with Crippen LogP contribution in [0.2, 0.25) is 5.02 Å². The number of H-pyrrole nitrogens is 1. The molecule has 31 heavy (non-hydrogen) atoms. The smallest absolute Gasteiger partial charge is 0.119 e. The van der Waals surface area contributed by atoms with Gasteiger partial charge in [-0.1, -0.05) is 23.7 Å². The van der Waals surface area contributed by atoms with Gasteiger partial charge in [-0.05, 0) is 54.9 Å². The van der Waals surface area contributed by atoms with Crippen LogP contribution in [0.1, 0.15) is 22.9 Å². The first-order valence-corrected chi connectivity index (χ1v) is 11.0. The van der Waals surface area contributed by atoms with Crippen molar-refractivity contribution in [3.05, 3.63) is 64.3 Å². The van der Waals surface area contributed by atoms with Crippen LogP contribution in [0.3, 0.4) is 0 Å². The minimum absolute atomic E-state index is 0.101. The number of rotatable bonds is 9. The van der Waals surface area contributed by atoms with Gasteiger partial charge in [0, 0.05) is 48.4 Å². The maximum Gasteiger partial charge on any atom is 0.119 e. The number of hydrogen-bond donors (Lipinski definition) is 3. The number of fused-ring (bicyclic) bond motifs is 3. The van der Waals surface area contributed by atoms with E-state index in [-0.39, 0.29) is 12.6 Å². The zero-order valence-electron chi connectivity index (χ0n) is 18.0. The Balaban J connectivity index is 1.41. The predicted molar refractivity (Wildman–Crippen MR) is 124 cm³/mol. The number of nitrogens with one attached hydrogen (secondary N) is 2. The molecular weight excluding hydrogens is 414 g/mol. The molecule has 166 valence electrons. The van der Waals surface area contributed by atoms with E-state index in [1.54, 1.807) is 7.11 Å². The first kappa shape index (κ1) is 22.1. The Morgan fingerprint density at radius 1 is 1.23 bits per heavy atom. The van der Waals surface area contributed by atoms with E-state index in [0.717, 1.165) is 35.8 Å². The zero-order valence-corrected chi connectivity index (χ0v) is 18.8. The lowest BCUT2D eigenvalue weighted by atomic mass is 9.94. The van der Waals surface area contributed by atoms with Crippen molar-refractivity contribution in [1.29, 1.82) is 0 Å². The highest BCUT2D eigenvalue weighted by atomic mass is 35.5. The second-order valence-electron chi connectivity index (χ2n) is 8.13. The summed E-state index contributed by atoms with van der Waals surface area (Å²) in [7, 11) is 3.63. The number of aromatic amines is 1. The number of aromatic nitrogens is 1. The Morgan fingerprint density at radius 3 is 2.81 bits per heavy atom. The van der Waals surface area contributed by atoms with Crippen molar-refractivity contribution in [3.63, 3.8) is 0 Å². The lowest BCUT2D eigenvalue weighted by molar-refractivity contribution is 0.0668. The number of likely N-dealkylation sites (N-methyl/N-ethyl adjacent to an activating group) is 1. The van der Waals surface area contributed by atoms with Crippen molar-refractivity contribution in [2.24, 2.45) is 0 Å². The van der Waals surface area contributed by atoms with Gasteiger partial charge in [-0.3, -0.25) is 0 Å². The molecule has 0 aliphatic carbocycles. The molecular formula is C24H30ClN3O3. The highest BCUT2D eigenvalue weighted by molar-refractivity contribution is 6.31. The summed E-state index contributed by atoms with van der Waals surface area (Å²) < 4.78 is 10.9. The van der Waals surface area contributed by atoms with Crippen LogP contribution in [-0.2, 0) is 11.2 Å². The molecule has 0 spiro atoms. The minimum atomic E-state index is -0.553. The molecule has 0 bridgehead atoms. The third-order valence-corrected chi connectivity index (χ3v) is 6.00. The Hall–Kier alpha value is -2.09. The molecule has 1 aromatic heterocycles. The number of halogens is 1. The third-order valence-electron chi connectivity index (χ3n) is 5.77. The van der Waals surface area contributed by atoms with Crippen LogP contribution in [0.5, 0.6) is 5.75 Å². The summed E-state index contributed by atoms with van der Waals surface area (Å²) in [6, 6.07) is 14.2. The van der Waals surface area contributed by atoms with Crippen LogP contribution >= 0.6 is 11.6 Å². The Labute approximate surface area is 188 Å². The van der Waals surface area contributed by atoms with Gasteiger partial charge in [-0.2, -0.15) is 0 Å². The molecule has 6 nitrogen and oxygen atoms in total. The van der Waals surface area contributed by atoms with E-state index in [2.05, 4.69) is 22.4 Å². The molecule has 0 radical (unpaired) electrons. The molecule has 1 aliphatic heterocycles. The van der Waals surface area contributed by atoms with Crippen LogP contribution in [0.15, 0.2) is 42.5 Å². The van der Waals surface area contributed by atoms with Gasteiger partial charge in [0.1, 0.15) is 18.5 Å². The predicted octanol–water partition coefficient (Wildman–Crippen LogP) is 3.37. The summed E-state index contributed by atoms with van der Waals surface area (Å²) in [6.07, 6.45) is 0.423. The minimum Gasteiger partial charge on any atom is -0.491 e. The summed E-state index contributed by atoms with van der Waals surface area (Å²) >= 11 is 6.22. The fourth-order valence-corrected chi connectivity index (χ4v) is 4.36. The first-order chi connectivity index (χ1) is 15.0. The number of aliphatic hydroxyl groups is 1. The summed E-state index contributed by atoms with van der Waals surface area (Å²) in [4.78, 5) is 5.61. The molecule has 2 unspecified atom stereocenters. The average molecular weight is 444 g/mol. The lowest BCUT2D eigenvalue weighted by Gasteiger charge is -2.25. The SMILES string of the molecule is COCCN(C)CC(O)COc1ccc(C2NCCc3c2[nH]c2ccc(Cl)cc32)cc1. The van der Waals surface area contributed by atoms with E-state index < -0.39 is 6.10 Å². The number of ether oxygens (including phenoxy) is 2. The second-order valence-corrected chi connectivity index (χ2v) is 8.57. The standard InChI is InChI=1S/C24H30ClN3O3/c1-28(11-12-30-2)14-18(29)15-31-19-6-3-16(4-7-19)23-24-20(9-10-26-23)21-13-17(25)5-8-22(21)27-24/h3-8,13,18,23,26-27,29H,9-12,14-15H2,1-2H3. The number of aliphatic hydroxyl groups excluding tert-OH is 1. The van der Waals surface area contributed by atoms with Gasteiger partial charge in [0.15, 0.2) is 0 Å². The van der Waals surface area contributed by atoms with Crippen molar-refractivity contribution < 1.29 is 14.6 Å². The second kappa shape index (κ2) is 10.0. The number of methoxy groups -OCH3 is 1. The molecule has 0 fully saturated rings. The monoisotopic (exact) mass is 443 g/mol. The quantitative estimate of drug-likeness (QED) is 0.473. The fourth-order valence-electron chi connectivity index (χ4n) is 4.18. The number of benzene rings is 2. The topological polar surface area (TPSA) is 69.8 Å². The highest BCUT2D eigenvalue weighted by Crippen LogP contribution is 2.35. The van der Waals surface area contributed by atoms with Gasteiger partial charge >= 0.3 is 0 Å². The van der Waals surface area contributed by atoms with Crippen LogP contribution in [0, 0.1) is 0 Å².